The third kappa shape index (κ3) is 5.95. The maximum Gasteiger partial charge on any atom is 0.410 e. The average molecular weight is 333 g/mol. The highest BCUT2D eigenvalue weighted by Crippen LogP contribution is 2.19. The normalized spacial score (nSPS) is 17.5. The Labute approximate surface area is 145 Å². The second-order valence-electron chi connectivity index (χ2n) is 7.46. The number of nitrogens with zero attached hydrogens (tertiary/aromatic N) is 2. The Morgan fingerprint density at radius 1 is 0.958 bits per heavy atom. The van der Waals surface area contributed by atoms with Crippen LogP contribution in [0.5, 0.6) is 0 Å². The molecule has 24 heavy (non-hydrogen) atoms. The van der Waals surface area contributed by atoms with Crippen molar-refractivity contribution in [2.75, 3.05) is 36.8 Å². The summed E-state index contributed by atoms with van der Waals surface area (Å²) in [7, 11) is 0. The highest BCUT2D eigenvalue weighted by Gasteiger charge is 2.22. The summed E-state index contributed by atoms with van der Waals surface area (Å²) in [5, 5.41) is 0. The molecule has 1 aliphatic heterocycles. The van der Waals surface area contributed by atoms with E-state index in [2.05, 4.69) is 17.0 Å². The van der Waals surface area contributed by atoms with Crippen LogP contribution in [0, 0.1) is 0 Å². The van der Waals surface area contributed by atoms with Gasteiger partial charge in [0.15, 0.2) is 0 Å². The second-order valence-corrected chi connectivity index (χ2v) is 7.46. The SMILES string of the molecule is CC(C)(C)OC(=O)N1CCCCN(c2ccc(N)cc2)CCCC1. The molecule has 0 aromatic heterocycles. The highest BCUT2D eigenvalue weighted by molar-refractivity contribution is 5.68. The molecule has 1 heterocycles. The number of ether oxygens (including phenoxy) is 1. The van der Waals surface area contributed by atoms with Crippen molar-refractivity contribution >= 4 is 17.5 Å². The van der Waals surface area contributed by atoms with E-state index in [4.69, 9.17) is 10.5 Å². The quantitative estimate of drug-likeness (QED) is 0.792. The molecule has 1 aromatic carbocycles. The monoisotopic (exact) mass is 333 g/mol. The van der Waals surface area contributed by atoms with Crippen molar-refractivity contribution in [3.63, 3.8) is 0 Å². The molecule has 2 N–H and O–H groups in total. The maximum absolute atomic E-state index is 12.3. The van der Waals surface area contributed by atoms with Crippen molar-refractivity contribution in [3.8, 4) is 0 Å². The Morgan fingerprint density at radius 3 is 1.96 bits per heavy atom. The summed E-state index contributed by atoms with van der Waals surface area (Å²) in [5.74, 6) is 0. The van der Waals surface area contributed by atoms with Gasteiger partial charge in [0.2, 0.25) is 0 Å². The fourth-order valence-electron chi connectivity index (χ4n) is 2.89. The van der Waals surface area contributed by atoms with Crippen LogP contribution in [0.25, 0.3) is 0 Å². The van der Waals surface area contributed by atoms with E-state index in [1.54, 1.807) is 0 Å². The number of hydrogen-bond acceptors (Lipinski definition) is 4. The zero-order chi connectivity index (χ0) is 17.6. The largest absolute Gasteiger partial charge is 0.444 e. The lowest BCUT2D eigenvalue weighted by Gasteiger charge is -2.30. The molecule has 0 bridgehead atoms. The van der Waals surface area contributed by atoms with E-state index in [0.717, 1.165) is 57.5 Å². The van der Waals surface area contributed by atoms with Crippen LogP contribution in [0.3, 0.4) is 0 Å². The number of amides is 1. The molecule has 5 heteroatoms. The van der Waals surface area contributed by atoms with E-state index in [9.17, 15) is 4.79 Å². The highest BCUT2D eigenvalue weighted by atomic mass is 16.6. The molecule has 0 aliphatic carbocycles. The average Bonchev–Trinajstić information content (AvgIpc) is 2.51. The minimum absolute atomic E-state index is 0.182. The van der Waals surface area contributed by atoms with Crippen LogP contribution in [0.15, 0.2) is 24.3 Å². The first-order valence-corrected chi connectivity index (χ1v) is 8.93. The van der Waals surface area contributed by atoms with Crippen LogP contribution in [-0.2, 0) is 4.74 Å². The summed E-state index contributed by atoms with van der Waals surface area (Å²) in [6, 6.07) is 8.10. The topological polar surface area (TPSA) is 58.8 Å². The number of rotatable bonds is 1. The van der Waals surface area contributed by atoms with Crippen LogP contribution in [0.2, 0.25) is 0 Å². The molecule has 0 atom stereocenters. The lowest BCUT2D eigenvalue weighted by Crippen LogP contribution is -2.39. The van der Waals surface area contributed by atoms with E-state index in [-0.39, 0.29) is 6.09 Å². The van der Waals surface area contributed by atoms with Gasteiger partial charge in [0.05, 0.1) is 0 Å². The van der Waals surface area contributed by atoms with Crippen LogP contribution in [-0.4, -0.2) is 42.8 Å². The third-order valence-corrected chi connectivity index (χ3v) is 4.12. The van der Waals surface area contributed by atoms with Crippen molar-refractivity contribution in [3.05, 3.63) is 24.3 Å². The van der Waals surface area contributed by atoms with Crippen molar-refractivity contribution in [1.82, 2.24) is 4.90 Å². The van der Waals surface area contributed by atoms with Crippen LogP contribution in [0.4, 0.5) is 16.2 Å². The smallest absolute Gasteiger partial charge is 0.410 e. The van der Waals surface area contributed by atoms with Gasteiger partial charge >= 0.3 is 6.09 Å². The lowest BCUT2D eigenvalue weighted by atomic mass is 10.1. The Morgan fingerprint density at radius 2 is 1.46 bits per heavy atom. The third-order valence-electron chi connectivity index (χ3n) is 4.12. The number of hydrogen-bond donors (Lipinski definition) is 1. The summed E-state index contributed by atoms with van der Waals surface area (Å²) in [4.78, 5) is 16.6. The van der Waals surface area contributed by atoms with Crippen LogP contribution < -0.4 is 10.6 Å². The first-order chi connectivity index (χ1) is 11.3. The standard InChI is InChI=1S/C19H31N3O2/c1-19(2,3)24-18(23)22-14-6-4-12-21(13-5-7-15-22)17-10-8-16(20)9-11-17/h8-11H,4-7,12-15,20H2,1-3H3. The molecule has 1 saturated heterocycles. The first-order valence-electron chi connectivity index (χ1n) is 8.93. The lowest BCUT2D eigenvalue weighted by molar-refractivity contribution is 0.0243. The van der Waals surface area contributed by atoms with Crippen molar-refractivity contribution < 1.29 is 9.53 Å². The van der Waals surface area contributed by atoms with Crippen molar-refractivity contribution in [1.29, 1.82) is 0 Å². The fraction of sp³-hybridized carbons (Fsp3) is 0.632. The maximum atomic E-state index is 12.3. The number of nitrogens with two attached hydrogens (primary N) is 1. The van der Waals surface area contributed by atoms with Gasteiger partial charge in [-0.25, -0.2) is 4.79 Å². The van der Waals surface area contributed by atoms with Gasteiger partial charge in [0, 0.05) is 37.6 Å². The molecule has 1 fully saturated rings. The number of benzene rings is 1. The van der Waals surface area contributed by atoms with E-state index in [1.807, 2.05) is 37.8 Å². The van der Waals surface area contributed by atoms with E-state index >= 15 is 0 Å². The zero-order valence-electron chi connectivity index (χ0n) is 15.3. The molecular formula is C19H31N3O2. The van der Waals surface area contributed by atoms with Crippen molar-refractivity contribution in [2.45, 2.75) is 52.1 Å². The minimum atomic E-state index is -0.432. The first kappa shape index (κ1) is 18.4. The molecule has 1 aromatic rings. The van der Waals surface area contributed by atoms with Crippen LogP contribution in [0.1, 0.15) is 46.5 Å². The molecule has 0 spiro atoms. The number of anilines is 2. The Kier molecular flexibility index (Phi) is 6.35. The summed E-state index contributed by atoms with van der Waals surface area (Å²) in [6.07, 6.45) is 3.92. The van der Waals surface area contributed by atoms with Gasteiger partial charge in [-0.1, -0.05) is 0 Å². The van der Waals surface area contributed by atoms with E-state index < -0.39 is 5.60 Å². The molecule has 0 unspecified atom stereocenters. The van der Waals surface area contributed by atoms with Gasteiger partial charge in [-0.2, -0.15) is 0 Å². The number of nitrogen functional groups attached to an aromatic ring is 1. The van der Waals surface area contributed by atoms with Gasteiger partial charge in [0.25, 0.3) is 0 Å². The van der Waals surface area contributed by atoms with E-state index in [1.165, 1.54) is 5.69 Å². The second kappa shape index (κ2) is 8.27. The Bertz CT molecular complexity index is 510. The molecule has 1 aliphatic rings. The Balaban J connectivity index is 1.89. The number of carbonyl (C=O) groups excluding carboxylic acids is 1. The predicted molar refractivity (Wildman–Crippen MR) is 99.3 cm³/mol. The summed E-state index contributed by atoms with van der Waals surface area (Å²) < 4.78 is 5.51. The van der Waals surface area contributed by atoms with Gasteiger partial charge in [-0.15, -0.1) is 0 Å². The fourth-order valence-corrected chi connectivity index (χ4v) is 2.89. The van der Waals surface area contributed by atoms with Gasteiger partial charge in [-0.05, 0) is 70.7 Å². The molecule has 5 nitrogen and oxygen atoms in total. The van der Waals surface area contributed by atoms with Gasteiger partial charge in [-0.3, -0.25) is 0 Å². The molecule has 0 saturated carbocycles. The van der Waals surface area contributed by atoms with Gasteiger partial charge < -0.3 is 20.3 Å². The summed E-state index contributed by atoms with van der Waals surface area (Å²) in [6.45, 7) is 9.29. The summed E-state index contributed by atoms with van der Waals surface area (Å²) >= 11 is 0. The molecule has 2 rings (SSSR count). The summed E-state index contributed by atoms with van der Waals surface area (Å²) in [5.41, 5.74) is 7.37. The van der Waals surface area contributed by atoms with Crippen molar-refractivity contribution in [2.24, 2.45) is 0 Å². The van der Waals surface area contributed by atoms with Crippen LogP contribution >= 0.6 is 0 Å². The van der Waals surface area contributed by atoms with Gasteiger partial charge in [0.1, 0.15) is 5.60 Å². The molecule has 134 valence electrons. The molecular weight excluding hydrogens is 302 g/mol. The van der Waals surface area contributed by atoms with E-state index in [0.29, 0.717) is 0 Å². The minimum Gasteiger partial charge on any atom is -0.444 e. The number of carbonyl (C=O) groups is 1. The Hall–Kier alpha value is -1.91. The zero-order valence-corrected chi connectivity index (χ0v) is 15.3. The predicted octanol–water partition coefficient (Wildman–Crippen LogP) is 3.89. The molecule has 1 amide bonds. The molecule has 0 radical (unpaired) electrons.